The first-order chi connectivity index (χ1) is 8.38. The minimum absolute atomic E-state index is 0.0967. The van der Waals surface area contributed by atoms with Crippen molar-refractivity contribution in [2.45, 2.75) is 18.9 Å². The Hall–Kier alpha value is -1.76. The largest absolute Gasteiger partial charge is 0.491 e. The summed E-state index contributed by atoms with van der Waals surface area (Å²) in [6.45, 7) is 0. The molecule has 0 bridgehead atoms. The predicted octanol–water partition coefficient (Wildman–Crippen LogP) is 1.98. The van der Waals surface area contributed by atoms with Crippen LogP contribution in [0.1, 0.15) is 24.4 Å². The van der Waals surface area contributed by atoms with Gasteiger partial charge in [0.1, 0.15) is 0 Å². The van der Waals surface area contributed by atoms with Crippen molar-refractivity contribution >= 4 is 5.97 Å². The van der Waals surface area contributed by atoms with E-state index < -0.39 is 35.2 Å². The molecule has 0 fully saturated rings. The Morgan fingerprint density at radius 3 is 2.56 bits per heavy atom. The second kappa shape index (κ2) is 5.72. The van der Waals surface area contributed by atoms with Crippen molar-refractivity contribution in [2.24, 2.45) is 5.73 Å². The van der Waals surface area contributed by atoms with Gasteiger partial charge in [-0.25, -0.2) is 8.78 Å². The summed E-state index contributed by atoms with van der Waals surface area (Å²) in [5.41, 5.74) is 5.23. The average molecular weight is 263 g/mol. The zero-order valence-electron chi connectivity index (χ0n) is 9.54. The van der Waals surface area contributed by atoms with Crippen molar-refractivity contribution in [3.8, 4) is 5.75 Å². The summed E-state index contributed by atoms with van der Waals surface area (Å²) in [4.78, 5) is 10.4. The molecule has 0 saturated heterocycles. The summed E-state index contributed by atoms with van der Waals surface area (Å²) in [5, 5.41) is 8.47. The number of carbonyl (C=O) groups is 1. The van der Waals surface area contributed by atoms with E-state index >= 15 is 0 Å². The first-order valence-corrected chi connectivity index (χ1v) is 5.07. The molecule has 0 radical (unpaired) electrons. The fourth-order valence-corrected chi connectivity index (χ4v) is 1.48. The third-order valence-corrected chi connectivity index (χ3v) is 2.42. The van der Waals surface area contributed by atoms with E-state index in [4.69, 9.17) is 10.8 Å². The molecule has 1 atom stereocenters. The van der Waals surface area contributed by atoms with Crippen LogP contribution in [0.4, 0.5) is 13.2 Å². The average Bonchev–Trinajstić information content (AvgIpc) is 2.31. The normalized spacial score (nSPS) is 12.3. The highest BCUT2D eigenvalue weighted by Crippen LogP contribution is 2.30. The van der Waals surface area contributed by atoms with Crippen LogP contribution in [-0.2, 0) is 4.79 Å². The molecule has 0 amide bonds. The van der Waals surface area contributed by atoms with Crippen LogP contribution in [0.15, 0.2) is 6.07 Å². The van der Waals surface area contributed by atoms with Crippen LogP contribution in [0, 0.1) is 17.5 Å². The van der Waals surface area contributed by atoms with E-state index in [-0.39, 0.29) is 18.4 Å². The van der Waals surface area contributed by atoms with E-state index in [0.717, 1.165) is 7.11 Å². The van der Waals surface area contributed by atoms with Crippen molar-refractivity contribution in [3.63, 3.8) is 0 Å². The van der Waals surface area contributed by atoms with E-state index in [2.05, 4.69) is 4.74 Å². The van der Waals surface area contributed by atoms with Gasteiger partial charge in [0.25, 0.3) is 0 Å². The number of carboxylic acid groups (broad SMARTS) is 1. The minimum Gasteiger partial charge on any atom is -0.491 e. The minimum atomic E-state index is -1.44. The fourth-order valence-electron chi connectivity index (χ4n) is 1.48. The zero-order valence-corrected chi connectivity index (χ0v) is 9.54. The molecule has 3 N–H and O–H groups in total. The fraction of sp³-hybridized carbons (Fsp3) is 0.364. The van der Waals surface area contributed by atoms with Gasteiger partial charge in [-0.3, -0.25) is 4.79 Å². The molecule has 7 heteroatoms. The van der Waals surface area contributed by atoms with Crippen LogP contribution in [0.2, 0.25) is 0 Å². The van der Waals surface area contributed by atoms with Crippen LogP contribution in [0.25, 0.3) is 0 Å². The summed E-state index contributed by atoms with van der Waals surface area (Å²) in [6.07, 6.45) is -0.400. The Kier molecular flexibility index (Phi) is 4.55. The molecule has 0 aliphatic heterocycles. The van der Waals surface area contributed by atoms with Crippen molar-refractivity contribution < 1.29 is 27.8 Å². The molecular weight excluding hydrogens is 251 g/mol. The van der Waals surface area contributed by atoms with Crippen molar-refractivity contribution in [2.75, 3.05) is 7.11 Å². The second-order valence-electron chi connectivity index (χ2n) is 3.65. The van der Waals surface area contributed by atoms with Crippen LogP contribution < -0.4 is 10.5 Å². The summed E-state index contributed by atoms with van der Waals surface area (Å²) < 4.78 is 44.5. The van der Waals surface area contributed by atoms with Crippen molar-refractivity contribution in [1.82, 2.24) is 0 Å². The van der Waals surface area contributed by atoms with Gasteiger partial charge in [0.15, 0.2) is 17.4 Å². The number of aliphatic carboxylic acids is 1. The summed E-state index contributed by atoms with van der Waals surface area (Å²) in [6, 6.07) is -0.440. The lowest BCUT2D eigenvalue weighted by Crippen LogP contribution is -2.15. The van der Waals surface area contributed by atoms with Crippen molar-refractivity contribution in [1.29, 1.82) is 0 Å². The van der Waals surface area contributed by atoms with E-state index in [1.165, 1.54) is 0 Å². The van der Waals surface area contributed by atoms with Gasteiger partial charge in [-0.15, -0.1) is 0 Å². The van der Waals surface area contributed by atoms with E-state index in [1.54, 1.807) is 0 Å². The number of nitrogens with two attached hydrogens (primary N) is 1. The highest BCUT2D eigenvalue weighted by molar-refractivity contribution is 5.66. The molecule has 0 spiro atoms. The molecule has 4 nitrogen and oxygen atoms in total. The quantitative estimate of drug-likeness (QED) is 0.797. The van der Waals surface area contributed by atoms with Gasteiger partial charge >= 0.3 is 5.97 Å². The lowest BCUT2D eigenvalue weighted by Gasteiger charge is -2.14. The van der Waals surface area contributed by atoms with Crippen LogP contribution in [0.5, 0.6) is 5.75 Å². The van der Waals surface area contributed by atoms with Gasteiger partial charge in [-0.2, -0.15) is 4.39 Å². The number of methoxy groups -OCH3 is 1. The van der Waals surface area contributed by atoms with Crippen LogP contribution in [-0.4, -0.2) is 18.2 Å². The molecular formula is C11H12F3NO3. The molecule has 0 saturated carbocycles. The smallest absolute Gasteiger partial charge is 0.303 e. The maximum absolute atomic E-state index is 13.7. The molecule has 1 rings (SSSR count). The monoisotopic (exact) mass is 263 g/mol. The summed E-state index contributed by atoms with van der Waals surface area (Å²) in [5.74, 6) is -5.83. The Balaban J connectivity index is 3.09. The van der Waals surface area contributed by atoms with E-state index in [1.807, 2.05) is 0 Å². The number of halogens is 3. The van der Waals surface area contributed by atoms with Gasteiger partial charge in [-0.1, -0.05) is 0 Å². The molecule has 0 heterocycles. The SMILES string of the molecule is COc1c(F)c(F)cc(C(N)CCC(=O)O)c1F. The van der Waals surface area contributed by atoms with Gasteiger partial charge in [0, 0.05) is 18.0 Å². The highest BCUT2D eigenvalue weighted by Gasteiger charge is 2.23. The standard InChI is InChI=1S/C11H12F3NO3/c1-18-11-9(13)5(4-6(12)10(11)14)7(15)2-3-8(16)17/h4,7H,2-3,15H2,1H3,(H,16,17). The lowest BCUT2D eigenvalue weighted by atomic mass is 10.0. The number of hydrogen-bond donors (Lipinski definition) is 2. The second-order valence-corrected chi connectivity index (χ2v) is 3.65. The Labute approximate surface area is 101 Å². The zero-order chi connectivity index (χ0) is 13.9. The Bertz CT molecular complexity index is 465. The first kappa shape index (κ1) is 14.3. The van der Waals surface area contributed by atoms with Gasteiger partial charge < -0.3 is 15.6 Å². The molecule has 0 aliphatic rings. The molecule has 100 valence electrons. The molecule has 18 heavy (non-hydrogen) atoms. The van der Waals surface area contributed by atoms with Crippen molar-refractivity contribution in [3.05, 3.63) is 29.1 Å². The number of ether oxygens (including phenoxy) is 1. The van der Waals surface area contributed by atoms with Gasteiger partial charge in [0.2, 0.25) is 5.82 Å². The maximum Gasteiger partial charge on any atom is 0.303 e. The molecule has 0 aliphatic carbocycles. The number of carboxylic acids is 1. The summed E-state index contributed by atoms with van der Waals surface area (Å²) in [7, 11) is 0.994. The topological polar surface area (TPSA) is 72.5 Å². The first-order valence-electron chi connectivity index (χ1n) is 5.07. The molecule has 1 unspecified atom stereocenters. The third kappa shape index (κ3) is 2.92. The Morgan fingerprint density at radius 2 is 2.06 bits per heavy atom. The maximum atomic E-state index is 13.7. The third-order valence-electron chi connectivity index (χ3n) is 2.42. The number of benzene rings is 1. The Morgan fingerprint density at radius 1 is 1.44 bits per heavy atom. The van der Waals surface area contributed by atoms with Crippen LogP contribution >= 0.6 is 0 Å². The van der Waals surface area contributed by atoms with Gasteiger partial charge in [-0.05, 0) is 12.5 Å². The summed E-state index contributed by atoms with van der Waals surface area (Å²) >= 11 is 0. The van der Waals surface area contributed by atoms with Gasteiger partial charge in [0.05, 0.1) is 7.11 Å². The predicted molar refractivity (Wildman–Crippen MR) is 56.7 cm³/mol. The lowest BCUT2D eigenvalue weighted by molar-refractivity contribution is -0.137. The highest BCUT2D eigenvalue weighted by atomic mass is 19.2. The van der Waals surface area contributed by atoms with E-state index in [9.17, 15) is 18.0 Å². The van der Waals surface area contributed by atoms with Crippen LogP contribution in [0.3, 0.4) is 0 Å². The molecule has 1 aromatic rings. The molecule has 0 aromatic heterocycles. The number of rotatable bonds is 5. The number of hydrogen-bond acceptors (Lipinski definition) is 3. The van der Waals surface area contributed by atoms with E-state index in [0.29, 0.717) is 6.07 Å². The molecule has 1 aromatic carbocycles.